The molecule has 0 aliphatic carbocycles. The molecule has 0 saturated carbocycles. The number of benzene rings is 1. The Labute approximate surface area is 148 Å². The van der Waals surface area contributed by atoms with Crippen molar-refractivity contribution in [3.05, 3.63) is 29.8 Å². The lowest BCUT2D eigenvalue weighted by atomic mass is 10.2. The molecular formula is C16H20F3NO6. The first kappa shape index (κ1) is 21.6. The Morgan fingerprint density at radius 1 is 1.15 bits per heavy atom. The minimum atomic E-state index is -4.78. The van der Waals surface area contributed by atoms with Crippen molar-refractivity contribution in [3.63, 3.8) is 0 Å². The van der Waals surface area contributed by atoms with Gasteiger partial charge in [-0.15, -0.1) is 13.2 Å². The normalized spacial score (nSPS) is 13.0. The molecular weight excluding hydrogens is 359 g/mol. The van der Waals surface area contributed by atoms with Crippen LogP contribution in [0.3, 0.4) is 0 Å². The van der Waals surface area contributed by atoms with Gasteiger partial charge in [0.15, 0.2) is 6.04 Å². The van der Waals surface area contributed by atoms with Gasteiger partial charge in [0.2, 0.25) is 0 Å². The zero-order valence-electron chi connectivity index (χ0n) is 14.4. The summed E-state index contributed by atoms with van der Waals surface area (Å²) in [5, 5.41) is 11.3. The van der Waals surface area contributed by atoms with Crippen LogP contribution >= 0.6 is 0 Å². The van der Waals surface area contributed by atoms with Crippen LogP contribution in [0, 0.1) is 0 Å². The van der Waals surface area contributed by atoms with Crippen molar-refractivity contribution in [1.29, 1.82) is 0 Å². The number of aliphatic carboxylic acids is 1. The summed E-state index contributed by atoms with van der Waals surface area (Å²) in [6.45, 7) is 4.47. The van der Waals surface area contributed by atoms with Crippen LogP contribution in [0.25, 0.3) is 0 Å². The number of nitrogens with one attached hydrogen (secondary N) is 1. The number of carboxylic acids is 1. The summed E-state index contributed by atoms with van der Waals surface area (Å²) in [6.07, 6.45) is -5.68. The number of ether oxygens (including phenoxy) is 3. The Kier molecular flexibility index (Phi) is 7.25. The Balaban J connectivity index is 2.50. The molecule has 0 heterocycles. The van der Waals surface area contributed by atoms with Gasteiger partial charge in [0.25, 0.3) is 0 Å². The van der Waals surface area contributed by atoms with E-state index in [4.69, 9.17) is 14.6 Å². The minimum Gasteiger partial charge on any atom is -0.480 e. The first-order valence-corrected chi connectivity index (χ1v) is 7.50. The third kappa shape index (κ3) is 9.11. The maximum atomic E-state index is 12.1. The lowest BCUT2D eigenvalue weighted by Gasteiger charge is -2.22. The summed E-state index contributed by atoms with van der Waals surface area (Å²) >= 11 is 0. The zero-order valence-corrected chi connectivity index (χ0v) is 14.4. The third-order valence-electron chi connectivity index (χ3n) is 2.70. The molecule has 0 bridgehead atoms. The first-order valence-electron chi connectivity index (χ1n) is 7.50. The molecule has 10 heteroatoms. The van der Waals surface area contributed by atoms with E-state index in [0.29, 0.717) is 5.56 Å². The Morgan fingerprint density at radius 2 is 1.73 bits per heavy atom. The Morgan fingerprint density at radius 3 is 2.19 bits per heavy atom. The monoisotopic (exact) mass is 379 g/mol. The molecule has 0 aliphatic rings. The van der Waals surface area contributed by atoms with E-state index in [2.05, 4.69) is 10.1 Å². The van der Waals surface area contributed by atoms with E-state index < -0.39 is 30.1 Å². The number of rotatable bonds is 7. The van der Waals surface area contributed by atoms with Gasteiger partial charge in [-0.2, -0.15) is 0 Å². The van der Waals surface area contributed by atoms with Crippen molar-refractivity contribution in [2.45, 2.75) is 45.4 Å². The molecule has 0 radical (unpaired) electrons. The van der Waals surface area contributed by atoms with Crippen LogP contribution in [0.2, 0.25) is 0 Å². The molecule has 1 atom stereocenters. The van der Waals surface area contributed by atoms with E-state index in [1.165, 1.54) is 12.1 Å². The fraction of sp³-hybridized carbons (Fsp3) is 0.500. The van der Waals surface area contributed by atoms with Gasteiger partial charge in [-0.25, -0.2) is 9.59 Å². The van der Waals surface area contributed by atoms with E-state index in [1.807, 2.05) is 0 Å². The summed E-state index contributed by atoms with van der Waals surface area (Å²) in [5.74, 6) is -1.69. The first-order chi connectivity index (χ1) is 11.9. The molecule has 0 spiro atoms. The summed E-state index contributed by atoms with van der Waals surface area (Å²) in [7, 11) is 0. The second kappa shape index (κ2) is 8.75. The van der Waals surface area contributed by atoms with Gasteiger partial charge in [0.1, 0.15) is 11.4 Å². The predicted molar refractivity (Wildman–Crippen MR) is 83.6 cm³/mol. The molecule has 0 fully saturated rings. The van der Waals surface area contributed by atoms with Crippen LogP contribution in [0.15, 0.2) is 24.3 Å². The quantitative estimate of drug-likeness (QED) is 0.756. The standard InChI is InChI=1S/C16H20F3NO6/c1-15(2,3)26-14(23)20-12(13(21)22)9-24-8-10-4-6-11(7-5-10)25-16(17,18)19/h4-7,12H,8-9H2,1-3H3,(H,20,23)(H,21,22)/t12-/m1/s1. The molecule has 146 valence electrons. The Hall–Kier alpha value is -2.49. The van der Waals surface area contributed by atoms with Crippen molar-refractivity contribution >= 4 is 12.1 Å². The highest BCUT2D eigenvalue weighted by molar-refractivity contribution is 5.80. The minimum absolute atomic E-state index is 0.0634. The van der Waals surface area contributed by atoms with Crippen molar-refractivity contribution in [2.75, 3.05) is 6.61 Å². The van der Waals surface area contributed by atoms with E-state index >= 15 is 0 Å². The lowest BCUT2D eigenvalue weighted by Crippen LogP contribution is -2.46. The number of carbonyl (C=O) groups excluding carboxylic acids is 1. The number of hydrogen-bond acceptors (Lipinski definition) is 5. The number of halogens is 3. The summed E-state index contributed by atoms with van der Waals surface area (Å²) < 4.78 is 50.1. The lowest BCUT2D eigenvalue weighted by molar-refractivity contribution is -0.274. The maximum Gasteiger partial charge on any atom is 0.573 e. The topological polar surface area (TPSA) is 94.1 Å². The highest BCUT2D eigenvalue weighted by atomic mass is 19.4. The van der Waals surface area contributed by atoms with Gasteiger partial charge in [0, 0.05) is 0 Å². The van der Waals surface area contributed by atoms with Crippen molar-refractivity contribution < 1.29 is 42.1 Å². The van der Waals surface area contributed by atoms with E-state index in [-0.39, 0.29) is 19.0 Å². The third-order valence-corrected chi connectivity index (χ3v) is 2.70. The zero-order chi connectivity index (χ0) is 20.0. The highest BCUT2D eigenvalue weighted by Crippen LogP contribution is 2.22. The number of carboxylic acid groups (broad SMARTS) is 1. The van der Waals surface area contributed by atoms with Gasteiger partial charge >= 0.3 is 18.4 Å². The van der Waals surface area contributed by atoms with Crippen LogP contribution in [-0.4, -0.2) is 41.8 Å². The van der Waals surface area contributed by atoms with Crippen molar-refractivity contribution in [3.8, 4) is 5.75 Å². The fourth-order valence-corrected chi connectivity index (χ4v) is 1.71. The average molecular weight is 379 g/mol. The van der Waals surface area contributed by atoms with Crippen LogP contribution < -0.4 is 10.1 Å². The molecule has 26 heavy (non-hydrogen) atoms. The number of alkyl carbamates (subject to hydrolysis) is 1. The molecule has 1 rings (SSSR count). The van der Waals surface area contributed by atoms with Crippen molar-refractivity contribution in [2.24, 2.45) is 0 Å². The van der Waals surface area contributed by atoms with E-state index in [1.54, 1.807) is 20.8 Å². The smallest absolute Gasteiger partial charge is 0.480 e. The van der Waals surface area contributed by atoms with E-state index in [0.717, 1.165) is 12.1 Å². The number of amides is 1. The SMILES string of the molecule is CC(C)(C)OC(=O)N[C@H](COCc1ccc(OC(F)(F)F)cc1)C(=O)O. The van der Waals surface area contributed by atoms with Crippen LogP contribution in [0.5, 0.6) is 5.75 Å². The number of carbonyl (C=O) groups is 2. The summed E-state index contributed by atoms with van der Waals surface area (Å²) in [5.41, 5.74) is -0.283. The van der Waals surface area contributed by atoms with E-state index in [9.17, 15) is 22.8 Å². The second-order valence-electron chi connectivity index (χ2n) is 6.24. The maximum absolute atomic E-state index is 12.1. The fourth-order valence-electron chi connectivity index (χ4n) is 1.71. The molecule has 0 aromatic heterocycles. The largest absolute Gasteiger partial charge is 0.573 e. The highest BCUT2D eigenvalue weighted by Gasteiger charge is 2.31. The molecule has 1 amide bonds. The Bertz CT molecular complexity index is 610. The average Bonchev–Trinajstić information content (AvgIpc) is 2.44. The molecule has 0 aliphatic heterocycles. The van der Waals surface area contributed by atoms with Gasteiger partial charge < -0.3 is 24.6 Å². The van der Waals surface area contributed by atoms with Gasteiger partial charge in [0.05, 0.1) is 13.2 Å². The van der Waals surface area contributed by atoms with Gasteiger partial charge in [-0.1, -0.05) is 12.1 Å². The van der Waals surface area contributed by atoms with Gasteiger partial charge in [-0.05, 0) is 38.5 Å². The molecule has 0 unspecified atom stereocenters. The second-order valence-corrected chi connectivity index (χ2v) is 6.24. The number of alkyl halides is 3. The molecule has 0 saturated heterocycles. The molecule has 7 nitrogen and oxygen atoms in total. The predicted octanol–water partition coefficient (Wildman–Crippen LogP) is 3.08. The van der Waals surface area contributed by atoms with Crippen molar-refractivity contribution in [1.82, 2.24) is 5.32 Å². The summed E-state index contributed by atoms with van der Waals surface area (Å²) in [6, 6.07) is 3.58. The van der Waals surface area contributed by atoms with Crippen LogP contribution in [-0.2, 0) is 20.9 Å². The number of hydrogen-bond donors (Lipinski definition) is 2. The summed E-state index contributed by atoms with van der Waals surface area (Å²) in [4.78, 5) is 22.7. The molecule has 2 N–H and O–H groups in total. The van der Waals surface area contributed by atoms with Crippen LogP contribution in [0.1, 0.15) is 26.3 Å². The molecule has 1 aromatic carbocycles. The van der Waals surface area contributed by atoms with Crippen LogP contribution in [0.4, 0.5) is 18.0 Å². The van der Waals surface area contributed by atoms with Gasteiger partial charge in [-0.3, -0.25) is 0 Å². The molecule has 1 aromatic rings.